The normalized spacial score (nSPS) is 11.1. The van der Waals surface area contributed by atoms with E-state index in [4.69, 9.17) is 0 Å². The third kappa shape index (κ3) is 3.41. The molecule has 0 aliphatic rings. The summed E-state index contributed by atoms with van der Waals surface area (Å²) in [5.74, 6) is -0.730. The van der Waals surface area contributed by atoms with E-state index in [1.165, 1.54) is 35.6 Å². The minimum atomic E-state index is -0.312. The summed E-state index contributed by atoms with van der Waals surface area (Å²) in [5.41, 5.74) is 2.39. The van der Waals surface area contributed by atoms with Crippen LogP contribution in [0.3, 0.4) is 0 Å². The fourth-order valence-corrected chi connectivity index (χ4v) is 4.21. The average molecular weight is 397 g/mol. The molecule has 2 aromatic carbocycles. The molecule has 4 rings (SSSR count). The summed E-state index contributed by atoms with van der Waals surface area (Å²) in [4.78, 5) is 15.9. The molecule has 0 radical (unpaired) electrons. The second-order valence-corrected chi connectivity index (χ2v) is 7.62. The van der Waals surface area contributed by atoms with Crippen LogP contribution >= 0.6 is 11.3 Å². The molecular formula is C21H17F2N3OS. The molecule has 0 aliphatic carbocycles. The van der Waals surface area contributed by atoms with Crippen LogP contribution < -0.4 is 0 Å². The van der Waals surface area contributed by atoms with Gasteiger partial charge >= 0.3 is 0 Å². The fourth-order valence-electron chi connectivity index (χ4n) is 3.03. The third-order valence-electron chi connectivity index (χ3n) is 4.51. The Kier molecular flexibility index (Phi) is 4.68. The first-order valence-corrected chi connectivity index (χ1v) is 9.49. The molecule has 0 atom stereocenters. The summed E-state index contributed by atoms with van der Waals surface area (Å²) < 4.78 is 28.0. The van der Waals surface area contributed by atoms with Crippen LogP contribution in [0.4, 0.5) is 8.78 Å². The van der Waals surface area contributed by atoms with Gasteiger partial charge in [0.15, 0.2) is 0 Å². The van der Waals surface area contributed by atoms with Gasteiger partial charge in [-0.05, 0) is 55.0 Å². The Morgan fingerprint density at radius 1 is 1.07 bits per heavy atom. The van der Waals surface area contributed by atoms with E-state index in [0.29, 0.717) is 11.4 Å². The van der Waals surface area contributed by atoms with Crippen molar-refractivity contribution in [1.82, 2.24) is 14.7 Å². The van der Waals surface area contributed by atoms with Crippen LogP contribution in [0.2, 0.25) is 0 Å². The molecule has 0 saturated heterocycles. The number of carbonyl (C=O) groups is 1. The number of nitrogens with zero attached hydrogens (tertiary/aromatic N) is 3. The summed E-state index contributed by atoms with van der Waals surface area (Å²) in [7, 11) is 1.72. The molecule has 4 aromatic rings. The van der Waals surface area contributed by atoms with Gasteiger partial charge in [-0.25, -0.2) is 13.5 Å². The Balaban J connectivity index is 1.63. The summed E-state index contributed by atoms with van der Waals surface area (Å²) >= 11 is 1.35. The molecule has 0 aliphatic heterocycles. The first-order valence-electron chi connectivity index (χ1n) is 8.67. The first kappa shape index (κ1) is 18.3. The number of carbonyl (C=O) groups excluding carboxylic acids is 1. The van der Waals surface area contributed by atoms with Crippen LogP contribution in [0.5, 0.6) is 0 Å². The van der Waals surface area contributed by atoms with Crippen LogP contribution in [0.15, 0.2) is 54.6 Å². The summed E-state index contributed by atoms with van der Waals surface area (Å²) in [5, 5.41) is 5.41. The Hall–Kier alpha value is -3.06. The van der Waals surface area contributed by atoms with Gasteiger partial charge in [-0.15, -0.1) is 11.3 Å². The van der Waals surface area contributed by atoms with Crippen molar-refractivity contribution in [1.29, 1.82) is 0 Å². The zero-order valence-corrected chi connectivity index (χ0v) is 16.1. The Bertz CT molecular complexity index is 1150. The highest BCUT2D eigenvalue weighted by atomic mass is 32.1. The van der Waals surface area contributed by atoms with Crippen LogP contribution in [0.1, 0.15) is 20.9 Å². The van der Waals surface area contributed by atoms with E-state index in [2.05, 4.69) is 5.10 Å². The van der Waals surface area contributed by atoms with Crippen molar-refractivity contribution in [3.05, 3.63) is 82.4 Å². The van der Waals surface area contributed by atoms with Crippen molar-refractivity contribution < 1.29 is 13.6 Å². The predicted octanol–water partition coefficient (Wildman–Crippen LogP) is 4.95. The zero-order chi connectivity index (χ0) is 19.8. The topological polar surface area (TPSA) is 38.1 Å². The fraction of sp³-hybridized carbons (Fsp3) is 0.143. The van der Waals surface area contributed by atoms with Crippen LogP contribution in [-0.2, 0) is 6.54 Å². The van der Waals surface area contributed by atoms with Crippen molar-refractivity contribution >= 4 is 27.5 Å². The van der Waals surface area contributed by atoms with Crippen molar-refractivity contribution in [2.24, 2.45) is 0 Å². The number of rotatable bonds is 4. The number of aromatic nitrogens is 2. The van der Waals surface area contributed by atoms with Gasteiger partial charge in [0.2, 0.25) is 0 Å². The smallest absolute Gasteiger partial charge is 0.264 e. The lowest BCUT2D eigenvalue weighted by Crippen LogP contribution is -2.25. The van der Waals surface area contributed by atoms with Gasteiger partial charge in [0.1, 0.15) is 16.5 Å². The molecule has 142 valence electrons. The van der Waals surface area contributed by atoms with Crippen molar-refractivity contribution in [3.63, 3.8) is 0 Å². The molecule has 0 bridgehead atoms. The van der Waals surface area contributed by atoms with Gasteiger partial charge < -0.3 is 4.90 Å². The standard InChI is InChI=1S/C21H17F2N3OS/c1-13-18-11-19(20(27)25(2)12-14-3-5-15(22)6-4-14)28-21(18)26(24-13)17-9-7-16(23)8-10-17/h3-11H,12H2,1-2H3. The second kappa shape index (κ2) is 7.16. The van der Waals surface area contributed by atoms with Gasteiger partial charge in [-0.1, -0.05) is 12.1 Å². The second-order valence-electron chi connectivity index (χ2n) is 6.59. The first-order chi connectivity index (χ1) is 13.4. The van der Waals surface area contributed by atoms with Crippen LogP contribution in [0.25, 0.3) is 15.9 Å². The highest BCUT2D eigenvalue weighted by Gasteiger charge is 2.20. The Morgan fingerprint density at radius 3 is 2.32 bits per heavy atom. The van der Waals surface area contributed by atoms with E-state index in [1.807, 2.05) is 13.0 Å². The van der Waals surface area contributed by atoms with E-state index in [1.54, 1.807) is 40.9 Å². The maximum atomic E-state index is 13.2. The molecule has 4 nitrogen and oxygen atoms in total. The summed E-state index contributed by atoms with van der Waals surface area (Å²) in [6, 6.07) is 14.0. The Labute approximate surface area is 164 Å². The quantitative estimate of drug-likeness (QED) is 0.489. The van der Waals surface area contributed by atoms with E-state index < -0.39 is 0 Å². The van der Waals surface area contributed by atoms with Gasteiger partial charge in [0.05, 0.1) is 16.3 Å². The van der Waals surface area contributed by atoms with Crippen molar-refractivity contribution in [2.45, 2.75) is 13.5 Å². The van der Waals surface area contributed by atoms with E-state index in [9.17, 15) is 13.6 Å². The molecule has 28 heavy (non-hydrogen) atoms. The molecule has 2 heterocycles. The van der Waals surface area contributed by atoms with Crippen molar-refractivity contribution in [2.75, 3.05) is 7.05 Å². The summed E-state index contributed by atoms with van der Waals surface area (Å²) in [6.45, 7) is 2.27. The third-order valence-corrected chi connectivity index (χ3v) is 5.60. The number of thiophene rings is 1. The minimum Gasteiger partial charge on any atom is -0.337 e. The maximum absolute atomic E-state index is 13.2. The molecule has 2 aromatic heterocycles. The number of aryl methyl sites for hydroxylation is 1. The van der Waals surface area contributed by atoms with E-state index >= 15 is 0 Å². The molecule has 0 unspecified atom stereocenters. The molecule has 7 heteroatoms. The monoisotopic (exact) mass is 397 g/mol. The number of halogens is 2. The zero-order valence-electron chi connectivity index (χ0n) is 15.3. The van der Waals surface area contributed by atoms with Crippen molar-refractivity contribution in [3.8, 4) is 5.69 Å². The number of benzene rings is 2. The van der Waals surface area contributed by atoms with Gasteiger partial charge in [0, 0.05) is 19.0 Å². The van der Waals surface area contributed by atoms with E-state index in [-0.39, 0.29) is 17.5 Å². The number of amides is 1. The van der Waals surface area contributed by atoms with Gasteiger partial charge in [-0.3, -0.25) is 4.79 Å². The average Bonchev–Trinajstić information content (AvgIpc) is 3.24. The Morgan fingerprint density at radius 2 is 1.68 bits per heavy atom. The maximum Gasteiger partial charge on any atom is 0.264 e. The molecule has 0 N–H and O–H groups in total. The lowest BCUT2D eigenvalue weighted by molar-refractivity contribution is 0.0790. The lowest BCUT2D eigenvalue weighted by atomic mass is 10.2. The van der Waals surface area contributed by atoms with Gasteiger partial charge in [-0.2, -0.15) is 5.10 Å². The highest BCUT2D eigenvalue weighted by molar-refractivity contribution is 7.20. The molecule has 0 fully saturated rings. The molecule has 0 saturated carbocycles. The highest BCUT2D eigenvalue weighted by Crippen LogP contribution is 2.31. The van der Waals surface area contributed by atoms with Gasteiger partial charge in [0.25, 0.3) is 5.91 Å². The van der Waals surface area contributed by atoms with E-state index in [0.717, 1.165) is 27.2 Å². The molecule has 0 spiro atoms. The number of hydrogen-bond donors (Lipinski definition) is 0. The lowest BCUT2D eigenvalue weighted by Gasteiger charge is -2.16. The minimum absolute atomic E-state index is 0.115. The largest absolute Gasteiger partial charge is 0.337 e. The molecule has 1 amide bonds. The SMILES string of the molecule is Cc1nn(-c2ccc(F)cc2)c2sc(C(=O)N(C)Cc3ccc(F)cc3)cc12. The molecular weight excluding hydrogens is 380 g/mol. The summed E-state index contributed by atoms with van der Waals surface area (Å²) in [6.07, 6.45) is 0. The predicted molar refractivity (Wildman–Crippen MR) is 106 cm³/mol. The number of hydrogen-bond acceptors (Lipinski definition) is 3. The number of fused-ring (bicyclic) bond motifs is 1. The van der Waals surface area contributed by atoms with Crippen LogP contribution in [0, 0.1) is 18.6 Å². The van der Waals surface area contributed by atoms with Crippen LogP contribution in [-0.4, -0.2) is 27.6 Å².